The highest BCUT2D eigenvalue weighted by atomic mass is 16.4. The third-order valence-corrected chi connectivity index (χ3v) is 4.88. The Bertz CT molecular complexity index is 714. The van der Waals surface area contributed by atoms with Gasteiger partial charge in [0.1, 0.15) is 0 Å². The van der Waals surface area contributed by atoms with Crippen LogP contribution in [-0.2, 0) is 17.6 Å². The molecule has 6 nitrogen and oxygen atoms in total. The Morgan fingerprint density at radius 3 is 2.77 bits per heavy atom. The maximum Gasteiger partial charge on any atom is 0.223 e. The Labute approximate surface area is 154 Å². The van der Waals surface area contributed by atoms with E-state index >= 15 is 0 Å². The van der Waals surface area contributed by atoms with Crippen LogP contribution in [0, 0.1) is 0 Å². The molecule has 3 rings (SSSR count). The van der Waals surface area contributed by atoms with Crippen LogP contribution in [0.15, 0.2) is 34.7 Å². The van der Waals surface area contributed by atoms with E-state index in [1.165, 1.54) is 0 Å². The quantitative estimate of drug-likeness (QED) is 0.860. The number of benzene rings is 1. The molecule has 140 valence electrons. The summed E-state index contributed by atoms with van der Waals surface area (Å²) < 4.78 is 5.58. The molecule has 1 aliphatic rings. The smallest absolute Gasteiger partial charge is 0.223 e. The number of rotatable bonds is 6. The van der Waals surface area contributed by atoms with E-state index in [4.69, 9.17) is 4.42 Å². The summed E-state index contributed by atoms with van der Waals surface area (Å²) in [5.41, 5.74) is 1.13. The van der Waals surface area contributed by atoms with Crippen LogP contribution in [-0.4, -0.2) is 44.8 Å². The predicted octanol–water partition coefficient (Wildman–Crippen LogP) is 2.72. The van der Waals surface area contributed by atoms with E-state index < -0.39 is 6.10 Å². The fraction of sp³-hybridized carbons (Fsp3) is 0.550. The van der Waals surface area contributed by atoms with E-state index in [1.54, 1.807) is 0 Å². The van der Waals surface area contributed by atoms with Crippen molar-refractivity contribution in [3.63, 3.8) is 0 Å². The maximum atomic E-state index is 12.8. The van der Waals surface area contributed by atoms with Crippen molar-refractivity contribution in [1.82, 2.24) is 15.1 Å². The van der Waals surface area contributed by atoms with Gasteiger partial charge in [0.15, 0.2) is 0 Å². The molecule has 0 saturated carbocycles. The Morgan fingerprint density at radius 1 is 1.31 bits per heavy atom. The monoisotopic (exact) mass is 357 g/mol. The van der Waals surface area contributed by atoms with E-state index in [2.05, 4.69) is 10.2 Å². The summed E-state index contributed by atoms with van der Waals surface area (Å²) in [4.78, 5) is 14.6. The van der Waals surface area contributed by atoms with Gasteiger partial charge in [-0.3, -0.25) is 4.79 Å². The van der Waals surface area contributed by atoms with Crippen molar-refractivity contribution in [3.8, 4) is 0 Å². The first-order valence-corrected chi connectivity index (χ1v) is 9.38. The van der Waals surface area contributed by atoms with E-state index in [0.29, 0.717) is 37.6 Å². The summed E-state index contributed by atoms with van der Waals surface area (Å²) in [7, 11) is 0. The largest absolute Gasteiger partial charge is 0.425 e. The van der Waals surface area contributed by atoms with Crippen molar-refractivity contribution < 1.29 is 14.3 Å². The molecule has 1 aliphatic heterocycles. The van der Waals surface area contributed by atoms with Crippen LogP contribution < -0.4 is 0 Å². The first kappa shape index (κ1) is 18.6. The lowest BCUT2D eigenvalue weighted by molar-refractivity contribution is -0.138. The number of aliphatic hydroxyl groups excluding tert-OH is 1. The lowest BCUT2D eigenvalue weighted by Gasteiger charge is -2.39. The topological polar surface area (TPSA) is 79.5 Å². The van der Waals surface area contributed by atoms with Crippen LogP contribution >= 0.6 is 0 Å². The highest BCUT2D eigenvalue weighted by Crippen LogP contribution is 2.23. The van der Waals surface area contributed by atoms with Gasteiger partial charge < -0.3 is 14.4 Å². The molecule has 0 spiro atoms. The number of aliphatic hydroxyl groups is 1. The number of aryl methyl sites for hydroxylation is 1. The Kier molecular flexibility index (Phi) is 6.04. The minimum absolute atomic E-state index is 0.0361. The molecule has 6 heteroatoms. The van der Waals surface area contributed by atoms with E-state index in [1.807, 2.05) is 49.1 Å². The van der Waals surface area contributed by atoms with Crippen LogP contribution in [0.2, 0.25) is 0 Å². The second kappa shape index (κ2) is 8.45. The Balaban J connectivity index is 1.63. The van der Waals surface area contributed by atoms with Crippen LogP contribution in [0.1, 0.15) is 56.4 Å². The molecule has 2 aromatic rings. The molecule has 26 heavy (non-hydrogen) atoms. The van der Waals surface area contributed by atoms with Gasteiger partial charge >= 0.3 is 0 Å². The molecular weight excluding hydrogens is 330 g/mol. The summed E-state index contributed by atoms with van der Waals surface area (Å²) in [6, 6.07) is 9.84. The third kappa shape index (κ3) is 4.49. The maximum absolute atomic E-state index is 12.8. The number of likely N-dealkylation sites (tertiary alicyclic amines) is 1. The number of aromatic nitrogens is 2. The number of carbonyl (C=O) groups excluding carboxylic acids is 1. The summed E-state index contributed by atoms with van der Waals surface area (Å²) in [5, 5.41) is 18.5. The van der Waals surface area contributed by atoms with Gasteiger partial charge in [0.25, 0.3) is 0 Å². The summed E-state index contributed by atoms with van der Waals surface area (Å²) in [6.07, 6.45) is 2.51. The van der Waals surface area contributed by atoms with Gasteiger partial charge in [0.2, 0.25) is 17.7 Å². The van der Waals surface area contributed by atoms with E-state index in [-0.39, 0.29) is 17.9 Å². The van der Waals surface area contributed by atoms with Crippen molar-refractivity contribution in [2.75, 3.05) is 6.54 Å². The lowest BCUT2D eigenvalue weighted by Crippen LogP contribution is -2.52. The normalized spacial score (nSPS) is 20.5. The summed E-state index contributed by atoms with van der Waals surface area (Å²) >= 11 is 0. The molecule has 0 bridgehead atoms. The number of hydrogen-bond acceptors (Lipinski definition) is 5. The molecule has 1 aromatic heterocycles. The first-order chi connectivity index (χ1) is 12.5. The second-order valence-electron chi connectivity index (χ2n) is 7.24. The molecule has 1 N–H and O–H groups in total. The number of piperidine rings is 1. The SMILES string of the molecule is CC(C)c1nnc(CCC(=O)N2CCC[C@H](O)[C@@H]2Cc2ccccc2)o1. The lowest BCUT2D eigenvalue weighted by atomic mass is 9.92. The average molecular weight is 357 g/mol. The molecule has 1 fully saturated rings. The van der Waals surface area contributed by atoms with E-state index in [9.17, 15) is 9.90 Å². The van der Waals surface area contributed by atoms with Crippen LogP contribution in [0.3, 0.4) is 0 Å². The van der Waals surface area contributed by atoms with Gasteiger partial charge in [-0.1, -0.05) is 44.2 Å². The molecule has 0 radical (unpaired) electrons. The van der Waals surface area contributed by atoms with E-state index in [0.717, 1.165) is 18.4 Å². The Hall–Kier alpha value is -2.21. The van der Waals surface area contributed by atoms with Gasteiger partial charge in [0.05, 0.1) is 12.1 Å². The molecule has 2 heterocycles. The number of amides is 1. The first-order valence-electron chi connectivity index (χ1n) is 9.38. The molecule has 0 unspecified atom stereocenters. The number of nitrogens with zero attached hydrogens (tertiary/aromatic N) is 3. The number of hydrogen-bond donors (Lipinski definition) is 1. The van der Waals surface area contributed by atoms with Crippen molar-refractivity contribution >= 4 is 5.91 Å². The van der Waals surface area contributed by atoms with Crippen LogP contribution in [0.25, 0.3) is 0 Å². The van der Waals surface area contributed by atoms with Gasteiger partial charge in [-0.15, -0.1) is 10.2 Å². The third-order valence-electron chi connectivity index (χ3n) is 4.88. The summed E-state index contributed by atoms with van der Waals surface area (Å²) in [5.74, 6) is 1.32. The molecule has 1 saturated heterocycles. The zero-order valence-corrected chi connectivity index (χ0v) is 15.5. The van der Waals surface area contributed by atoms with Gasteiger partial charge in [-0.25, -0.2) is 0 Å². The highest BCUT2D eigenvalue weighted by molar-refractivity contribution is 5.77. The number of carbonyl (C=O) groups is 1. The fourth-order valence-electron chi connectivity index (χ4n) is 3.41. The minimum atomic E-state index is -0.483. The minimum Gasteiger partial charge on any atom is -0.425 e. The fourth-order valence-corrected chi connectivity index (χ4v) is 3.41. The second-order valence-corrected chi connectivity index (χ2v) is 7.24. The van der Waals surface area contributed by atoms with Crippen molar-refractivity contribution in [2.24, 2.45) is 0 Å². The Morgan fingerprint density at radius 2 is 2.08 bits per heavy atom. The van der Waals surface area contributed by atoms with Gasteiger partial charge in [-0.2, -0.15) is 0 Å². The highest BCUT2D eigenvalue weighted by Gasteiger charge is 2.33. The van der Waals surface area contributed by atoms with Crippen molar-refractivity contribution in [2.45, 2.75) is 64.0 Å². The molecular formula is C20H27N3O3. The van der Waals surface area contributed by atoms with Crippen molar-refractivity contribution in [3.05, 3.63) is 47.7 Å². The van der Waals surface area contributed by atoms with Crippen molar-refractivity contribution in [1.29, 1.82) is 0 Å². The average Bonchev–Trinajstić information content (AvgIpc) is 3.12. The zero-order valence-electron chi connectivity index (χ0n) is 15.5. The molecule has 2 atom stereocenters. The molecule has 1 aromatic carbocycles. The molecule has 0 aliphatic carbocycles. The van der Waals surface area contributed by atoms with Crippen LogP contribution in [0.4, 0.5) is 0 Å². The molecule has 1 amide bonds. The zero-order chi connectivity index (χ0) is 18.5. The summed E-state index contributed by atoms with van der Waals surface area (Å²) in [6.45, 7) is 4.67. The van der Waals surface area contributed by atoms with Gasteiger partial charge in [0, 0.05) is 25.3 Å². The van der Waals surface area contributed by atoms with Gasteiger partial charge in [-0.05, 0) is 24.8 Å². The standard InChI is InChI=1S/C20H27N3O3/c1-14(2)20-22-21-18(26-20)10-11-19(25)23-12-6-9-17(24)16(23)13-15-7-4-3-5-8-15/h3-5,7-8,14,16-17,24H,6,9-13H2,1-2H3/t16-,17-/m0/s1. The predicted molar refractivity (Wildman–Crippen MR) is 97.6 cm³/mol. The van der Waals surface area contributed by atoms with Crippen LogP contribution in [0.5, 0.6) is 0 Å².